The average Bonchev–Trinajstić information content (AvgIpc) is 2.02. The molecule has 0 saturated carbocycles. The number of hydrogen-bond acceptors (Lipinski definition) is 2. The maximum Gasteiger partial charge on any atom is 0.418 e. The van der Waals surface area contributed by atoms with E-state index in [0.29, 0.717) is 0 Å². The van der Waals surface area contributed by atoms with Gasteiger partial charge in [0.2, 0.25) is 0 Å². The number of pyridine rings is 1. The molecule has 0 aliphatic carbocycles. The highest BCUT2D eigenvalue weighted by Gasteiger charge is 2.40. The van der Waals surface area contributed by atoms with Crippen molar-refractivity contribution in [2.75, 3.05) is 0 Å². The molecule has 1 rings (SSSR count). The van der Waals surface area contributed by atoms with E-state index >= 15 is 0 Å². The zero-order chi connectivity index (χ0) is 10.1. The summed E-state index contributed by atoms with van der Waals surface area (Å²) in [5.41, 5.74) is -0.282. The molecule has 2 nitrogen and oxygen atoms in total. The molecule has 72 valence electrons. The highest BCUT2D eigenvalue weighted by molar-refractivity contribution is 9.10. The first-order valence-corrected chi connectivity index (χ1v) is 4.07. The fraction of sp³-hybridized carbons (Fsp3) is 0.286. The van der Waals surface area contributed by atoms with Crippen LogP contribution < -0.4 is 0 Å². The molecular formula is C7H5BrF3NO. The van der Waals surface area contributed by atoms with Crippen LogP contribution in [0.2, 0.25) is 0 Å². The third kappa shape index (κ3) is 2.41. The van der Waals surface area contributed by atoms with E-state index in [2.05, 4.69) is 20.9 Å². The summed E-state index contributed by atoms with van der Waals surface area (Å²) in [4.78, 5) is 3.57. The normalized spacial score (nSPS) is 14.2. The van der Waals surface area contributed by atoms with Gasteiger partial charge in [0.25, 0.3) is 0 Å². The number of alkyl halides is 3. The van der Waals surface area contributed by atoms with Gasteiger partial charge in [-0.3, -0.25) is 0 Å². The molecule has 0 bridgehead atoms. The third-order valence-corrected chi connectivity index (χ3v) is 2.06. The predicted octanol–water partition coefficient (Wildman–Crippen LogP) is 2.44. The van der Waals surface area contributed by atoms with Crippen molar-refractivity contribution in [1.29, 1.82) is 0 Å². The molecule has 0 aliphatic rings. The van der Waals surface area contributed by atoms with Crippen LogP contribution in [-0.4, -0.2) is 16.3 Å². The molecule has 1 N–H and O–H groups in total. The number of aromatic nitrogens is 1. The molecule has 0 unspecified atom stereocenters. The van der Waals surface area contributed by atoms with Crippen molar-refractivity contribution in [2.45, 2.75) is 12.3 Å². The van der Waals surface area contributed by atoms with E-state index in [1.807, 2.05) is 0 Å². The lowest BCUT2D eigenvalue weighted by Gasteiger charge is -2.15. The van der Waals surface area contributed by atoms with Crippen molar-refractivity contribution >= 4 is 15.9 Å². The minimum Gasteiger partial charge on any atom is -0.379 e. The number of rotatable bonds is 1. The number of aliphatic hydroxyl groups is 1. The first-order valence-electron chi connectivity index (χ1n) is 3.28. The molecule has 0 radical (unpaired) electrons. The van der Waals surface area contributed by atoms with E-state index < -0.39 is 12.3 Å². The largest absolute Gasteiger partial charge is 0.418 e. The predicted molar refractivity (Wildman–Crippen MR) is 43.0 cm³/mol. The molecular weight excluding hydrogens is 251 g/mol. The van der Waals surface area contributed by atoms with Crippen LogP contribution in [0.15, 0.2) is 22.9 Å². The summed E-state index contributed by atoms with van der Waals surface area (Å²) in [5.74, 6) is 0. The van der Waals surface area contributed by atoms with Crippen LogP contribution in [0.1, 0.15) is 11.7 Å². The Bertz CT molecular complexity index is 302. The summed E-state index contributed by atoms with van der Waals surface area (Å²) in [6.07, 6.45) is -5.82. The third-order valence-electron chi connectivity index (χ3n) is 1.39. The van der Waals surface area contributed by atoms with Crippen LogP contribution in [0.25, 0.3) is 0 Å². The van der Waals surface area contributed by atoms with E-state index in [1.165, 1.54) is 12.3 Å². The fourth-order valence-corrected chi connectivity index (χ4v) is 1.25. The van der Waals surface area contributed by atoms with Gasteiger partial charge < -0.3 is 5.11 Å². The number of hydrogen-bond donors (Lipinski definition) is 1. The lowest BCUT2D eigenvalue weighted by Crippen LogP contribution is -2.20. The lowest BCUT2D eigenvalue weighted by molar-refractivity contribution is -0.207. The van der Waals surface area contributed by atoms with Crippen molar-refractivity contribution in [3.8, 4) is 0 Å². The van der Waals surface area contributed by atoms with E-state index in [1.54, 1.807) is 0 Å². The molecule has 13 heavy (non-hydrogen) atoms. The van der Waals surface area contributed by atoms with Crippen LogP contribution in [0.4, 0.5) is 13.2 Å². The van der Waals surface area contributed by atoms with Gasteiger partial charge in [-0.25, -0.2) is 4.98 Å². The van der Waals surface area contributed by atoms with Gasteiger partial charge in [0.05, 0.1) is 0 Å². The molecule has 6 heteroatoms. The Morgan fingerprint density at radius 3 is 2.54 bits per heavy atom. The molecule has 1 atom stereocenters. The molecule has 0 saturated heterocycles. The van der Waals surface area contributed by atoms with E-state index in [0.717, 1.165) is 6.07 Å². The number of nitrogens with zero attached hydrogens (tertiary/aromatic N) is 1. The van der Waals surface area contributed by atoms with Crippen molar-refractivity contribution in [3.63, 3.8) is 0 Å². The topological polar surface area (TPSA) is 33.1 Å². The fourth-order valence-electron chi connectivity index (χ4n) is 0.779. The second-order valence-electron chi connectivity index (χ2n) is 2.33. The van der Waals surface area contributed by atoms with Crippen LogP contribution in [0, 0.1) is 0 Å². The van der Waals surface area contributed by atoms with Crippen molar-refractivity contribution in [2.24, 2.45) is 0 Å². The van der Waals surface area contributed by atoms with Gasteiger partial charge in [0.15, 0.2) is 6.10 Å². The highest BCUT2D eigenvalue weighted by Crippen LogP contribution is 2.34. The highest BCUT2D eigenvalue weighted by atomic mass is 79.9. The summed E-state index contributed by atoms with van der Waals surface area (Å²) in [7, 11) is 0. The van der Waals surface area contributed by atoms with Crippen molar-refractivity contribution in [3.05, 3.63) is 28.5 Å². The van der Waals surface area contributed by atoms with Gasteiger partial charge in [-0.2, -0.15) is 13.2 Å². The second kappa shape index (κ2) is 3.63. The number of halogens is 4. The Balaban J connectivity index is 3.02. The molecule has 0 aromatic carbocycles. The lowest BCUT2D eigenvalue weighted by atomic mass is 10.1. The van der Waals surface area contributed by atoms with Gasteiger partial charge in [0.1, 0.15) is 4.60 Å². The van der Waals surface area contributed by atoms with Gasteiger partial charge in [-0.1, -0.05) is 6.07 Å². The first-order chi connectivity index (χ1) is 5.93. The Labute approximate surface area is 80.5 Å². The second-order valence-corrected chi connectivity index (χ2v) is 3.08. The molecule has 0 aliphatic heterocycles. The van der Waals surface area contributed by atoms with Crippen molar-refractivity contribution in [1.82, 2.24) is 4.98 Å². The monoisotopic (exact) mass is 255 g/mol. The smallest absolute Gasteiger partial charge is 0.379 e. The summed E-state index contributed by atoms with van der Waals surface area (Å²) in [6, 6.07) is 2.49. The van der Waals surface area contributed by atoms with Crippen LogP contribution in [0.3, 0.4) is 0 Å². The molecule has 1 aromatic rings. The summed E-state index contributed by atoms with van der Waals surface area (Å²) in [6.45, 7) is 0. The Morgan fingerprint density at radius 2 is 2.08 bits per heavy atom. The molecule has 1 aromatic heterocycles. The van der Waals surface area contributed by atoms with E-state index in [4.69, 9.17) is 5.11 Å². The van der Waals surface area contributed by atoms with E-state index in [9.17, 15) is 13.2 Å². The number of aliphatic hydroxyl groups excluding tert-OH is 1. The summed E-state index contributed by atoms with van der Waals surface area (Å²) < 4.78 is 36.0. The maximum absolute atomic E-state index is 12.0. The summed E-state index contributed by atoms with van der Waals surface area (Å²) >= 11 is 2.82. The zero-order valence-electron chi connectivity index (χ0n) is 6.22. The Hall–Kier alpha value is -0.620. The zero-order valence-corrected chi connectivity index (χ0v) is 7.80. The Morgan fingerprint density at radius 1 is 1.46 bits per heavy atom. The molecule has 1 heterocycles. The van der Waals surface area contributed by atoms with Gasteiger partial charge >= 0.3 is 6.18 Å². The SMILES string of the molecule is O[C@H](c1cccnc1Br)C(F)(F)F. The van der Waals surface area contributed by atoms with E-state index in [-0.39, 0.29) is 10.2 Å². The van der Waals surface area contributed by atoms with Crippen molar-refractivity contribution < 1.29 is 18.3 Å². The minimum absolute atomic E-state index is 0.000162. The van der Waals surface area contributed by atoms with Gasteiger partial charge in [-0.15, -0.1) is 0 Å². The van der Waals surface area contributed by atoms with Crippen LogP contribution >= 0.6 is 15.9 Å². The summed E-state index contributed by atoms with van der Waals surface area (Å²) in [5, 5.41) is 8.84. The maximum atomic E-state index is 12.0. The average molecular weight is 256 g/mol. The quantitative estimate of drug-likeness (QED) is 0.783. The minimum atomic E-state index is -4.66. The molecule has 0 spiro atoms. The van der Waals surface area contributed by atoms with Gasteiger partial charge in [-0.05, 0) is 22.0 Å². The molecule has 0 amide bonds. The van der Waals surface area contributed by atoms with Gasteiger partial charge in [0, 0.05) is 11.8 Å². The standard InChI is InChI=1S/C7H5BrF3NO/c8-6-4(2-1-3-12-6)5(13)7(9,10)11/h1-3,5,13H/t5-/m1/s1. The Kier molecular flexibility index (Phi) is 2.92. The molecule has 0 fully saturated rings. The first kappa shape index (κ1) is 10.5. The van der Waals surface area contributed by atoms with Crippen LogP contribution in [0.5, 0.6) is 0 Å². The van der Waals surface area contributed by atoms with Crippen LogP contribution in [-0.2, 0) is 0 Å².